The minimum Gasteiger partial charge on any atom is -0.311 e. The van der Waals surface area contributed by atoms with E-state index in [-0.39, 0.29) is 0 Å². The summed E-state index contributed by atoms with van der Waals surface area (Å²) in [6.45, 7) is 0. The number of para-hydroxylation sites is 5. The highest BCUT2D eigenvalue weighted by atomic mass is 32.1. The van der Waals surface area contributed by atoms with E-state index in [1.165, 1.54) is 107 Å². The molecular weight excluding hydrogens is 1180 g/mol. The van der Waals surface area contributed by atoms with E-state index in [0.717, 1.165) is 51.2 Å². The van der Waals surface area contributed by atoms with Crippen LogP contribution in [0.4, 0.5) is 34.1 Å². The van der Waals surface area contributed by atoms with Gasteiger partial charge in [-0.15, -0.1) is 34.0 Å². The first kappa shape index (κ1) is 53.7. The second-order valence-electron chi connectivity index (χ2n) is 23.3. The lowest BCUT2D eigenvalue weighted by Crippen LogP contribution is -2.10. The van der Waals surface area contributed by atoms with E-state index < -0.39 is 0 Å². The van der Waals surface area contributed by atoms with Crippen molar-refractivity contribution in [3.05, 3.63) is 332 Å². The maximum atomic E-state index is 2.44. The third-order valence-electron chi connectivity index (χ3n) is 18.1. The number of benzene rings is 12. The van der Waals surface area contributed by atoms with Gasteiger partial charge in [-0.1, -0.05) is 152 Å². The molecule has 0 fully saturated rings. The van der Waals surface area contributed by atoms with E-state index in [0.29, 0.717) is 0 Å². The normalized spacial score (nSPS) is 11.7. The van der Waals surface area contributed by atoms with Gasteiger partial charge >= 0.3 is 0 Å². The molecule has 0 radical (unpaired) electrons. The minimum atomic E-state index is 1.06. The summed E-state index contributed by atoms with van der Waals surface area (Å²) in [6.07, 6.45) is 0. The Balaban J connectivity index is 0.690. The average molecular weight is 1230 g/mol. The smallest absolute Gasteiger partial charge is 0.0547 e. The summed E-state index contributed by atoms with van der Waals surface area (Å²) in [5, 5.41) is 11.7. The molecule has 18 aromatic rings. The number of nitrogens with zero attached hydrogens (tertiary/aromatic N) is 5. The lowest BCUT2D eigenvalue weighted by atomic mass is 10.0. The van der Waals surface area contributed by atoms with Gasteiger partial charge in [-0.05, 0) is 197 Å². The molecule has 0 atom stereocenters. The molecule has 0 spiro atoms. The Hall–Kier alpha value is -11.3. The Morgan fingerprint density at radius 3 is 0.891 bits per heavy atom. The van der Waals surface area contributed by atoms with Gasteiger partial charge in [-0.25, -0.2) is 0 Å². The number of rotatable bonds is 13. The molecule has 0 aliphatic rings. The zero-order valence-corrected chi connectivity index (χ0v) is 52.2. The van der Waals surface area contributed by atoms with Gasteiger partial charge < -0.3 is 23.5 Å². The topological polar surface area (TPSA) is 21.3 Å². The molecule has 8 heteroatoms. The molecule has 5 nitrogen and oxygen atoms in total. The summed E-state index contributed by atoms with van der Waals surface area (Å²) in [6, 6.07) is 118. The van der Waals surface area contributed by atoms with Crippen LogP contribution in [-0.4, -0.2) is 13.7 Å². The van der Waals surface area contributed by atoms with E-state index in [4.69, 9.17) is 0 Å². The molecule has 12 aromatic carbocycles. The van der Waals surface area contributed by atoms with Gasteiger partial charge in [0.15, 0.2) is 0 Å². The first-order valence-corrected chi connectivity index (χ1v) is 33.6. The Morgan fingerprint density at radius 1 is 0.217 bits per heavy atom. The van der Waals surface area contributed by atoms with E-state index in [2.05, 4.69) is 356 Å². The molecule has 0 saturated heterocycles. The Morgan fingerprint density at radius 2 is 0.522 bits per heavy atom. The van der Waals surface area contributed by atoms with Crippen LogP contribution in [0, 0.1) is 0 Å². The number of thiophene rings is 3. The number of hydrogen-bond donors (Lipinski definition) is 0. The van der Waals surface area contributed by atoms with Gasteiger partial charge in [0.25, 0.3) is 0 Å². The first-order chi connectivity index (χ1) is 45.6. The number of aromatic nitrogens is 3. The van der Waals surface area contributed by atoms with Gasteiger partial charge in [0.05, 0.1) is 33.1 Å². The van der Waals surface area contributed by atoms with Gasteiger partial charge in [-0.3, -0.25) is 0 Å². The van der Waals surface area contributed by atoms with Crippen molar-refractivity contribution in [3.63, 3.8) is 0 Å². The van der Waals surface area contributed by atoms with Crippen LogP contribution in [0.5, 0.6) is 0 Å². The highest BCUT2D eigenvalue weighted by Gasteiger charge is 2.22. The molecule has 0 bridgehead atoms. The standard InChI is InChI=1S/C84H55N5S3/c1-6-20-74-68(14-1)69-15-2-7-21-75(69)87(74)65-46-40-62(41-47-65)86(63-42-48-66(49-43-63)88-76-22-8-3-16-70(76)71-17-4-9-23-77(71)88)64-44-50-67(51-45-64)89-78-24-10-5-18-72(78)84-73(19-11-25-79(84)89)83-53-52-82(92-83)58-32-38-61(39-33-58)85(59-34-28-56(29-35-59)80-26-12-54-90-80)60-36-30-57(31-37-60)81-27-13-55-91-81/h1-55H. The fraction of sp³-hybridized carbons (Fsp3) is 0. The third-order valence-corrected chi connectivity index (χ3v) is 21.1. The number of fused-ring (bicyclic) bond motifs is 9. The molecule has 92 heavy (non-hydrogen) atoms. The SMILES string of the molecule is c1csc(-c2ccc(N(c3ccc(-c4cccs4)cc3)c3ccc(-c4ccc(-c5cccc6c5c5ccccc5n6-c5ccc(N(c6ccc(-n7c8ccccc8c8ccccc87)cc6)c6ccc(-n7c8ccccc8c8ccccc87)cc6)cc5)s4)cc3)cc2)c1. The summed E-state index contributed by atoms with van der Waals surface area (Å²) >= 11 is 5.39. The van der Waals surface area contributed by atoms with Crippen molar-refractivity contribution in [2.45, 2.75) is 0 Å². The second kappa shape index (κ2) is 22.3. The molecule has 0 N–H and O–H groups in total. The largest absolute Gasteiger partial charge is 0.311 e. The molecule has 0 amide bonds. The highest BCUT2D eigenvalue weighted by Crippen LogP contribution is 2.46. The molecule has 0 unspecified atom stereocenters. The quantitative estimate of drug-likeness (QED) is 0.115. The van der Waals surface area contributed by atoms with Crippen molar-refractivity contribution in [2.24, 2.45) is 0 Å². The second-order valence-corrected chi connectivity index (χ2v) is 26.2. The lowest BCUT2D eigenvalue weighted by Gasteiger charge is -2.26. The fourth-order valence-electron chi connectivity index (χ4n) is 13.9. The number of hydrogen-bond acceptors (Lipinski definition) is 5. The maximum absolute atomic E-state index is 2.44. The maximum Gasteiger partial charge on any atom is 0.0547 e. The summed E-state index contributed by atoms with van der Waals surface area (Å²) in [7, 11) is 0. The van der Waals surface area contributed by atoms with E-state index in [1.807, 2.05) is 11.3 Å². The Kier molecular flexibility index (Phi) is 13.1. The summed E-state index contributed by atoms with van der Waals surface area (Å²) in [4.78, 5) is 9.73. The van der Waals surface area contributed by atoms with Crippen LogP contribution in [0.1, 0.15) is 0 Å². The molecule has 6 heterocycles. The molecule has 6 aromatic heterocycles. The summed E-state index contributed by atoms with van der Waals surface area (Å²) in [5.41, 5.74) is 21.8. The molecule has 18 rings (SSSR count). The van der Waals surface area contributed by atoms with Crippen LogP contribution in [0.2, 0.25) is 0 Å². The fourth-order valence-corrected chi connectivity index (χ4v) is 16.4. The van der Waals surface area contributed by atoms with E-state index >= 15 is 0 Å². The van der Waals surface area contributed by atoms with Crippen molar-refractivity contribution in [1.82, 2.24) is 13.7 Å². The molecular formula is C84H55N5S3. The zero-order valence-electron chi connectivity index (χ0n) is 49.7. The van der Waals surface area contributed by atoms with Crippen LogP contribution < -0.4 is 9.80 Å². The van der Waals surface area contributed by atoms with Crippen molar-refractivity contribution < 1.29 is 0 Å². The van der Waals surface area contributed by atoms with Crippen LogP contribution >= 0.6 is 34.0 Å². The third kappa shape index (κ3) is 9.09. The van der Waals surface area contributed by atoms with Crippen LogP contribution in [-0.2, 0) is 0 Å². The van der Waals surface area contributed by atoms with Crippen LogP contribution in [0.3, 0.4) is 0 Å². The average Bonchev–Trinajstić information content (AvgIpc) is 1.63. The number of anilines is 6. The summed E-state index contributed by atoms with van der Waals surface area (Å²) < 4.78 is 7.21. The lowest BCUT2D eigenvalue weighted by molar-refractivity contribution is 1.16. The van der Waals surface area contributed by atoms with Crippen LogP contribution in [0.25, 0.3) is 124 Å². The Bertz CT molecular complexity index is 5370. The van der Waals surface area contributed by atoms with Gasteiger partial charge in [0, 0.05) is 109 Å². The van der Waals surface area contributed by atoms with Crippen LogP contribution in [0.15, 0.2) is 332 Å². The molecule has 434 valence electrons. The van der Waals surface area contributed by atoms with Crippen molar-refractivity contribution in [3.8, 4) is 58.8 Å². The highest BCUT2D eigenvalue weighted by molar-refractivity contribution is 7.19. The van der Waals surface area contributed by atoms with Crippen molar-refractivity contribution in [2.75, 3.05) is 9.80 Å². The van der Waals surface area contributed by atoms with E-state index in [9.17, 15) is 0 Å². The molecule has 0 saturated carbocycles. The van der Waals surface area contributed by atoms with Crippen molar-refractivity contribution in [1.29, 1.82) is 0 Å². The first-order valence-electron chi connectivity index (χ1n) is 31.0. The predicted molar refractivity (Wildman–Crippen MR) is 394 cm³/mol. The van der Waals surface area contributed by atoms with Crippen molar-refractivity contribution >= 4 is 134 Å². The Labute approximate surface area is 544 Å². The van der Waals surface area contributed by atoms with E-state index in [1.54, 1.807) is 22.7 Å². The molecule has 0 aliphatic carbocycles. The monoisotopic (exact) mass is 1230 g/mol. The molecule has 0 aliphatic heterocycles. The summed E-state index contributed by atoms with van der Waals surface area (Å²) in [5.74, 6) is 0. The van der Waals surface area contributed by atoms with Gasteiger partial charge in [0.2, 0.25) is 0 Å². The minimum absolute atomic E-state index is 1.06. The van der Waals surface area contributed by atoms with Gasteiger partial charge in [0.1, 0.15) is 0 Å². The predicted octanol–water partition coefficient (Wildman–Crippen LogP) is 24.8. The van der Waals surface area contributed by atoms with Gasteiger partial charge in [-0.2, -0.15) is 0 Å². The zero-order chi connectivity index (χ0) is 60.6.